The molecular weight excluding hydrogens is 216 g/mol. The number of aryl methyl sites for hydroxylation is 1. The highest BCUT2D eigenvalue weighted by Crippen LogP contribution is 2.21. The minimum atomic E-state index is -0.302. The maximum absolute atomic E-state index is 11.8. The summed E-state index contributed by atoms with van der Waals surface area (Å²) >= 11 is 0. The van der Waals surface area contributed by atoms with Gasteiger partial charge in [0.25, 0.3) is 5.91 Å². The van der Waals surface area contributed by atoms with Gasteiger partial charge in [-0.25, -0.2) is 5.84 Å². The van der Waals surface area contributed by atoms with Crippen molar-refractivity contribution in [2.24, 2.45) is 5.84 Å². The van der Waals surface area contributed by atoms with Crippen LogP contribution < -0.4 is 11.3 Å². The van der Waals surface area contributed by atoms with E-state index in [0.29, 0.717) is 0 Å². The zero-order valence-corrected chi connectivity index (χ0v) is 11.1. The molecule has 5 nitrogen and oxygen atoms in total. The fourth-order valence-corrected chi connectivity index (χ4v) is 2.25. The number of amides is 1. The van der Waals surface area contributed by atoms with Crippen molar-refractivity contribution in [3.63, 3.8) is 0 Å². The lowest BCUT2D eigenvalue weighted by atomic mass is 10.1. The predicted molar refractivity (Wildman–Crippen MR) is 67.4 cm³/mol. The third-order valence-electron chi connectivity index (χ3n) is 3.13. The van der Waals surface area contributed by atoms with E-state index in [0.717, 1.165) is 30.7 Å². The molecule has 5 heteroatoms. The van der Waals surface area contributed by atoms with Gasteiger partial charge in [-0.15, -0.1) is 0 Å². The van der Waals surface area contributed by atoms with Gasteiger partial charge in [-0.05, 0) is 32.3 Å². The van der Waals surface area contributed by atoms with Crippen LogP contribution in [-0.4, -0.2) is 15.7 Å². The lowest BCUT2D eigenvalue weighted by molar-refractivity contribution is -0.124. The standard InChI is InChI=1S/C12H22N4O/c1-5-7-11(12(17)14-13)16-9(4)10(6-2)8(3)15-16/h11H,5-7,13H2,1-4H3,(H,14,17). The molecule has 0 aromatic carbocycles. The van der Waals surface area contributed by atoms with Gasteiger partial charge >= 0.3 is 0 Å². The van der Waals surface area contributed by atoms with Gasteiger partial charge in [-0.3, -0.25) is 14.9 Å². The van der Waals surface area contributed by atoms with Crippen LogP contribution in [0.15, 0.2) is 0 Å². The highest BCUT2D eigenvalue weighted by atomic mass is 16.2. The molecule has 0 radical (unpaired) electrons. The van der Waals surface area contributed by atoms with Crippen LogP contribution in [0.5, 0.6) is 0 Å². The molecule has 1 amide bonds. The predicted octanol–water partition coefficient (Wildman–Crippen LogP) is 1.39. The molecular formula is C12H22N4O. The Morgan fingerprint density at radius 3 is 2.53 bits per heavy atom. The van der Waals surface area contributed by atoms with Crippen molar-refractivity contribution < 1.29 is 4.79 Å². The average Bonchev–Trinajstić information content (AvgIpc) is 2.60. The summed E-state index contributed by atoms with van der Waals surface area (Å²) in [5, 5.41) is 4.47. The van der Waals surface area contributed by atoms with Crippen LogP contribution in [0, 0.1) is 13.8 Å². The lowest BCUT2D eigenvalue weighted by Gasteiger charge is -2.17. The Morgan fingerprint density at radius 1 is 1.47 bits per heavy atom. The summed E-state index contributed by atoms with van der Waals surface area (Å²) in [5.74, 6) is 5.05. The Labute approximate surface area is 102 Å². The Balaban J connectivity index is 3.14. The van der Waals surface area contributed by atoms with Gasteiger partial charge in [0, 0.05) is 5.69 Å². The number of hydrogen-bond donors (Lipinski definition) is 2. The van der Waals surface area contributed by atoms with E-state index >= 15 is 0 Å². The summed E-state index contributed by atoms with van der Waals surface area (Å²) in [7, 11) is 0. The Bertz CT molecular complexity index is 397. The van der Waals surface area contributed by atoms with Crippen molar-refractivity contribution >= 4 is 5.91 Å². The van der Waals surface area contributed by atoms with Crippen LogP contribution in [0.4, 0.5) is 0 Å². The number of rotatable bonds is 5. The zero-order valence-electron chi connectivity index (χ0n) is 11.1. The van der Waals surface area contributed by atoms with Crippen LogP contribution >= 0.6 is 0 Å². The highest BCUT2D eigenvalue weighted by Gasteiger charge is 2.23. The maximum Gasteiger partial charge on any atom is 0.258 e. The smallest absolute Gasteiger partial charge is 0.258 e. The molecule has 3 N–H and O–H groups in total. The van der Waals surface area contributed by atoms with Gasteiger partial charge in [-0.2, -0.15) is 5.10 Å². The molecule has 1 aromatic heterocycles. The molecule has 1 aromatic rings. The van der Waals surface area contributed by atoms with Crippen LogP contribution in [0.3, 0.4) is 0 Å². The maximum atomic E-state index is 11.8. The van der Waals surface area contributed by atoms with Crippen LogP contribution in [0.2, 0.25) is 0 Å². The summed E-state index contributed by atoms with van der Waals surface area (Å²) < 4.78 is 1.81. The molecule has 1 rings (SSSR count). The third kappa shape index (κ3) is 2.66. The first-order valence-electron chi connectivity index (χ1n) is 6.11. The van der Waals surface area contributed by atoms with Crippen molar-refractivity contribution in [2.45, 2.75) is 53.0 Å². The molecule has 0 fully saturated rings. The fourth-order valence-electron chi connectivity index (χ4n) is 2.25. The second kappa shape index (κ2) is 5.82. The molecule has 0 aliphatic carbocycles. The van der Waals surface area contributed by atoms with E-state index in [9.17, 15) is 4.79 Å². The number of hydrazine groups is 1. The number of aromatic nitrogens is 2. The van der Waals surface area contributed by atoms with Gasteiger partial charge < -0.3 is 0 Å². The highest BCUT2D eigenvalue weighted by molar-refractivity contribution is 5.79. The molecule has 0 aliphatic heterocycles. The molecule has 96 valence electrons. The lowest BCUT2D eigenvalue weighted by Crippen LogP contribution is -2.37. The normalized spacial score (nSPS) is 12.5. The van der Waals surface area contributed by atoms with E-state index in [1.54, 1.807) is 4.68 Å². The minimum absolute atomic E-state index is 0.180. The second-order valence-electron chi connectivity index (χ2n) is 4.26. The Kier molecular flexibility index (Phi) is 4.69. The average molecular weight is 238 g/mol. The summed E-state index contributed by atoms with van der Waals surface area (Å²) in [6, 6.07) is -0.302. The van der Waals surface area contributed by atoms with Crippen LogP contribution in [-0.2, 0) is 11.2 Å². The molecule has 0 saturated carbocycles. The minimum Gasteiger partial charge on any atom is -0.292 e. The summed E-state index contributed by atoms with van der Waals surface area (Å²) in [4.78, 5) is 11.8. The largest absolute Gasteiger partial charge is 0.292 e. The van der Waals surface area contributed by atoms with Gasteiger partial charge in [0.15, 0.2) is 0 Å². The SMILES string of the molecule is CCCC(C(=O)NN)n1nc(C)c(CC)c1C. The molecule has 0 saturated heterocycles. The van der Waals surface area contributed by atoms with Crippen molar-refractivity contribution in [1.29, 1.82) is 0 Å². The van der Waals surface area contributed by atoms with Gasteiger partial charge in [0.2, 0.25) is 0 Å². The summed E-state index contributed by atoms with van der Waals surface area (Å²) in [5.41, 5.74) is 5.50. The van der Waals surface area contributed by atoms with Gasteiger partial charge in [0.05, 0.1) is 5.69 Å². The topological polar surface area (TPSA) is 72.9 Å². The fraction of sp³-hybridized carbons (Fsp3) is 0.667. The molecule has 1 unspecified atom stereocenters. The molecule has 1 atom stereocenters. The first kappa shape index (κ1) is 13.7. The van der Waals surface area contributed by atoms with Gasteiger partial charge in [0.1, 0.15) is 6.04 Å². The first-order valence-corrected chi connectivity index (χ1v) is 6.11. The van der Waals surface area contributed by atoms with Crippen molar-refractivity contribution in [3.8, 4) is 0 Å². The Morgan fingerprint density at radius 2 is 2.12 bits per heavy atom. The number of carbonyl (C=O) groups excluding carboxylic acids is 1. The van der Waals surface area contributed by atoms with E-state index in [1.165, 1.54) is 5.56 Å². The van der Waals surface area contributed by atoms with Crippen molar-refractivity contribution in [1.82, 2.24) is 15.2 Å². The summed E-state index contributed by atoms with van der Waals surface area (Å²) in [6.45, 7) is 8.12. The van der Waals surface area contributed by atoms with E-state index < -0.39 is 0 Å². The summed E-state index contributed by atoms with van der Waals surface area (Å²) in [6.07, 6.45) is 2.59. The monoisotopic (exact) mass is 238 g/mol. The van der Waals surface area contributed by atoms with Crippen LogP contribution in [0.1, 0.15) is 49.7 Å². The zero-order chi connectivity index (χ0) is 13.0. The molecule has 17 heavy (non-hydrogen) atoms. The molecule has 1 heterocycles. The number of nitrogens with zero attached hydrogens (tertiary/aromatic N) is 2. The molecule has 0 bridgehead atoms. The van der Waals surface area contributed by atoms with E-state index in [2.05, 4.69) is 17.4 Å². The van der Waals surface area contributed by atoms with E-state index in [-0.39, 0.29) is 11.9 Å². The van der Waals surface area contributed by atoms with E-state index in [1.807, 2.05) is 20.8 Å². The number of hydrogen-bond acceptors (Lipinski definition) is 3. The quantitative estimate of drug-likeness (QED) is 0.462. The third-order valence-corrected chi connectivity index (χ3v) is 3.13. The van der Waals surface area contributed by atoms with E-state index in [4.69, 9.17) is 5.84 Å². The van der Waals surface area contributed by atoms with Crippen molar-refractivity contribution in [2.75, 3.05) is 0 Å². The van der Waals surface area contributed by atoms with Crippen LogP contribution in [0.25, 0.3) is 0 Å². The second-order valence-corrected chi connectivity index (χ2v) is 4.26. The molecule has 0 aliphatic rings. The number of carbonyl (C=O) groups is 1. The Hall–Kier alpha value is -1.36. The van der Waals surface area contributed by atoms with Gasteiger partial charge in [-0.1, -0.05) is 20.3 Å². The van der Waals surface area contributed by atoms with Crippen molar-refractivity contribution in [3.05, 3.63) is 17.0 Å². The molecule has 0 spiro atoms. The number of nitrogens with one attached hydrogen (secondary N) is 1. The number of nitrogens with two attached hydrogens (primary N) is 1. The first-order chi connectivity index (χ1) is 8.06.